The monoisotopic (exact) mass is 271 g/mol. The number of aromatic nitrogens is 2. The van der Waals surface area contributed by atoms with Crippen molar-refractivity contribution in [2.75, 3.05) is 0 Å². The molecule has 0 saturated heterocycles. The zero-order valence-corrected chi connectivity index (χ0v) is 13.3. The predicted molar refractivity (Wildman–Crippen MR) is 83.7 cm³/mol. The molecule has 2 aromatic rings. The highest BCUT2D eigenvalue weighted by Gasteiger charge is 2.14. The van der Waals surface area contributed by atoms with E-state index in [1.165, 1.54) is 29.8 Å². The van der Waals surface area contributed by atoms with Gasteiger partial charge in [0.15, 0.2) is 0 Å². The average molecular weight is 271 g/mol. The maximum atomic E-state index is 2.39. The molecule has 1 aromatic heterocycles. The molecule has 2 heteroatoms. The van der Waals surface area contributed by atoms with Crippen molar-refractivity contribution < 1.29 is 4.57 Å². The Labute approximate surface area is 123 Å². The van der Waals surface area contributed by atoms with Gasteiger partial charge in [-0.1, -0.05) is 50.1 Å². The molecule has 1 heterocycles. The number of nitrogens with zero attached hydrogens (tertiary/aromatic N) is 2. The van der Waals surface area contributed by atoms with Gasteiger partial charge in [0.25, 0.3) is 5.82 Å². The van der Waals surface area contributed by atoms with Gasteiger partial charge in [-0.2, -0.15) is 0 Å². The second kappa shape index (κ2) is 6.74. The van der Waals surface area contributed by atoms with Crippen molar-refractivity contribution in [3.8, 4) is 0 Å². The minimum absolute atomic E-state index is 0.749. The third-order valence-electron chi connectivity index (χ3n) is 3.98. The highest BCUT2D eigenvalue weighted by atomic mass is 15.1. The summed E-state index contributed by atoms with van der Waals surface area (Å²) in [7, 11) is 0. The molecule has 0 aliphatic heterocycles. The van der Waals surface area contributed by atoms with Crippen molar-refractivity contribution in [2.45, 2.75) is 53.6 Å². The lowest BCUT2D eigenvalue weighted by atomic mass is 10.1. The third-order valence-corrected chi connectivity index (χ3v) is 3.98. The van der Waals surface area contributed by atoms with E-state index in [2.05, 4.69) is 73.5 Å². The first-order valence-corrected chi connectivity index (χ1v) is 7.71. The average Bonchev–Trinajstić information content (AvgIpc) is 2.72. The topological polar surface area (TPSA) is 8.81 Å². The summed E-state index contributed by atoms with van der Waals surface area (Å²) < 4.78 is 4.73. The molecule has 0 radical (unpaired) electrons. The molecule has 1 atom stereocenters. The second-order valence-electron chi connectivity index (χ2n) is 6.01. The molecule has 1 unspecified atom stereocenters. The van der Waals surface area contributed by atoms with Crippen LogP contribution in [-0.4, -0.2) is 4.57 Å². The summed E-state index contributed by atoms with van der Waals surface area (Å²) in [5.41, 5.74) is 2.70. The minimum atomic E-state index is 0.749. The van der Waals surface area contributed by atoms with Crippen LogP contribution in [0, 0.1) is 19.8 Å². The molecule has 0 aliphatic carbocycles. The fourth-order valence-corrected chi connectivity index (χ4v) is 2.83. The van der Waals surface area contributed by atoms with Crippen LogP contribution in [0.5, 0.6) is 0 Å². The maximum Gasteiger partial charge on any atom is 0.253 e. The highest BCUT2D eigenvalue weighted by Crippen LogP contribution is 2.10. The molecule has 2 nitrogen and oxygen atoms in total. The number of hydrogen-bond donors (Lipinski definition) is 0. The predicted octanol–water partition coefficient (Wildman–Crippen LogP) is 3.88. The molecular weight excluding hydrogens is 244 g/mol. The highest BCUT2D eigenvalue weighted by molar-refractivity contribution is 5.21. The van der Waals surface area contributed by atoms with Gasteiger partial charge < -0.3 is 0 Å². The number of imidazole rings is 1. The number of rotatable bonds is 6. The Kier molecular flexibility index (Phi) is 4.99. The first-order valence-electron chi connectivity index (χ1n) is 7.71. The molecular formula is C18H27N2+. The molecule has 0 bridgehead atoms. The van der Waals surface area contributed by atoms with Crippen LogP contribution in [0.2, 0.25) is 0 Å². The molecule has 0 amide bonds. The van der Waals surface area contributed by atoms with Gasteiger partial charge >= 0.3 is 0 Å². The summed E-state index contributed by atoms with van der Waals surface area (Å²) >= 11 is 0. The number of benzene rings is 1. The van der Waals surface area contributed by atoms with Gasteiger partial charge in [-0.25, -0.2) is 9.13 Å². The van der Waals surface area contributed by atoms with Gasteiger partial charge in [0.05, 0.1) is 6.54 Å². The van der Waals surface area contributed by atoms with E-state index in [0.717, 1.165) is 19.0 Å². The van der Waals surface area contributed by atoms with Crippen LogP contribution in [0.1, 0.15) is 43.6 Å². The molecule has 0 N–H and O–H groups in total. The van der Waals surface area contributed by atoms with E-state index >= 15 is 0 Å². The van der Waals surface area contributed by atoms with Crippen LogP contribution in [0.4, 0.5) is 0 Å². The Bertz CT molecular complexity index is 554. The zero-order valence-electron chi connectivity index (χ0n) is 13.3. The Hall–Kier alpha value is -1.57. The van der Waals surface area contributed by atoms with E-state index in [0.29, 0.717) is 0 Å². The Balaban J connectivity index is 2.08. The van der Waals surface area contributed by atoms with Crippen LogP contribution in [-0.2, 0) is 13.1 Å². The van der Waals surface area contributed by atoms with Crippen molar-refractivity contribution in [3.05, 3.63) is 53.6 Å². The Morgan fingerprint density at radius 1 is 1.25 bits per heavy atom. The van der Waals surface area contributed by atoms with Crippen LogP contribution in [0.3, 0.4) is 0 Å². The summed E-state index contributed by atoms with van der Waals surface area (Å²) in [6, 6.07) is 8.76. The van der Waals surface area contributed by atoms with E-state index in [-0.39, 0.29) is 0 Å². The summed E-state index contributed by atoms with van der Waals surface area (Å²) in [6.07, 6.45) is 6.99. The van der Waals surface area contributed by atoms with Gasteiger partial charge in [-0.15, -0.1) is 0 Å². The number of aryl methyl sites for hydroxylation is 1. The molecule has 20 heavy (non-hydrogen) atoms. The molecule has 0 aliphatic rings. The summed E-state index contributed by atoms with van der Waals surface area (Å²) in [4.78, 5) is 0. The van der Waals surface area contributed by atoms with E-state index in [1.54, 1.807) is 0 Å². The molecule has 2 rings (SSSR count). The van der Waals surface area contributed by atoms with E-state index in [4.69, 9.17) is 0 Å². The van der Waals surface area contributed by atoms with Crippen molar-refractivity contribution in [3.63, 3.8) is 0 Å². The molecule has 108 valence electrons. The van der Waals surface area contributed by atoms with E-state index in [1.807, 2.05) is 0 Å². The maximum absolute atomic E-state index is 2.39. The Morgan fingerprint density at radius 2 is 2.05 bits per heavy atom. The summed E-state index contributed by atoms with van der Waals surface area (Å²) in [5.74, 6) is 2.09. The summed E-state index contributed by atoms with van der Waals surface area (Å²) in [5, 5.41) is 0. The van der Waals surface area contributed by atoms with Gasteiger partial charge in [-0.3, -0.25) is 0 Å². The molecule has 0 fully saturated rings. The lowest BCUT2D eigenvalue weighted by Gasteiger charge is -2.08. The molecule has 0 saturated carbocycles. The van der Waals surface area contributed by atoms with Gasteiger partial charge in [0.2, 0.25) is 0 Å². The quantitative estimate of drug-likeness (QED) is 0.705. The van der Waals surface area contributed by atoms with Crippen molar-refractivity contribution in [2.24, 2.45) is 5.92 Å². The van der Waals surface area contributed by atoms with Crippen LogP contribution >= 0.6 is 0 Å². The molecule has 0 spiro atoms. The SMILES string of the molecule is CCCC(C)Cn1cc[n+](Cc2cccc(C)c2)c1C. The normalized spacial score (nSPS) is 12.6. The van der Waals surface area contributed by atoms with E-state index in [9.17, 15) is 0 Å². The lowest BCUT2D eigenvalue weighted by molar-refractivity contribution is -0.694. The molecule has 1 aromatic carbocycles. The fourth-order valence-electron chi connectivity index (χ4n) is 2.83. The van der Waals surface area contributed by atoms with Crippen LogP contribution < -0.4 is 4.57 Å². The largest absolute Gasteiger partial charge is 0.253 e. The lowest BCUT2D eigenvalue weighted by Crippen LogP contribution is -2.36. The third kappa shape index (κ3) is 3.72. The summed E-state index contributed by atoms with van der Waals surface area (Å²) in [6.45, 7) is 11.1. The van der Waals surface area contributed by atoms with E-state index < -0.39 is 0 Å². The zero-order chi connectivity index (χ0) is 14.5. The standard InChI is InChI=1S/C18H27N2/c1-5-7-16(3)13-19-10-11-20(17(19)4)14-18-9-6-8-15(2)12-18/h6,8-12,16H,5,7,13-14H2,1-4H3/q+1. The number of hydrogen-bond acceptors (Lipinski definition) is 0. The fraction of sp³-hybridized carbons (Fsp3) is 0.500. The van der Waals surface area contributed by atoms with Crippen molar-refractivity contribution >= 4 is 0 Å². The van der Waals surface area contributed by atoms with Crippen molar-refractivity contribution in [1.29, 1.82) is 0 Å². The minimum Gasteiger partial charge on any atom is -0.234 e. The first kappa shape index (κ1) is 14.8. The smallest absolute Gasteiger partial charge is 0.234 e. The van der Waals surface area contributed by atoms with Gasteiger partial charge in [0.1, 0.15) is 18.9 Å². The van der Waals surface area contributed by atoms with Gasteiger partial charge in [0, 0.05) is 6.92 Å². The van der Waals surface area contributed by atoms with Crippen LogP contribution in [0.25, 0.3) is 0 Å². The Morgan fingerprint density at radius 3 is 2.75 bits per heavy atom. The van der Waals surface area contributed by atoms with Crippen LogP contribution in [0.15, 0.2) is 36.7 Å². The van der Waals surface area contributed by atoms with Gasteiger partial charge in [-0.05, 0) is 24.8 Å². The van der Waals surface area contributed by atoms with Crippen molar-refractivity contribution in [1.82, 2.24) is 4.57 Å². The first-order chi connectivity index (χ1) is 9.60. The second-order valence-corrected chi connectivity index (χ2v) is 6.01.